The average molecular weight is 581 g/mol. The molecule has 0 N–H and O–H groups in total. The predicted octanol–water partition coefficient (Wildman–Crippen LogP) is 9.99. The Morgan fingerprint density at radius 1 is 0.707 bits per heavy atom. The van der Waals surface area contributed by atoms with Crippen molar-refractivity contribution in [1.82, 2.24) is 8.75 Å². The molecule has 6 rings (SSSR count). The fourth-order valence-corrected chi connectivity index (χ4v) is 6.30. The van der Waals surface area contributed by atoms with Crippen LogP contribution >= 0.6 is 23.1 Å². The van der Waals surface area contributed by atoms with E-state index in [-0.39, 0.29) is 5.82 Å². The van der Waals surface area contributed by atoms with E-state index in [1.165, 1.54) is 0 Å². The van der Waals surface area contributed by atoms with Crippen molar-refractivity contribution in [3.05, 3.63) is 96.8 Å². The van der Waals surface area contributed by atoms with Crippen molar-refractivity contribution in [3.8, 4) is 54.6 Å². The minimum Gasteiger partial charge on any atom is -0.497 e. The highest BCUT2D eigenvalue weighted by Crippen LogP contribution is 2.41. The van der Waals surface area contributed by atoms with Crippen LogP contribution in [0, 0.1) is 11.7 Å². The molecule has 0 fully saturated rings. The molecule has 0 aliphatic carbocycles. The van der Waals surface area contributed by atoms with E-state index >= 15 is 4.39 Å². The number of benzene rings is 4. The monoisotopic (exact) mass is 580 g/mol. The summed E-state index contributed by atoms with van der Waals surface area (Å²) in [5, 5.41) is 0. The molecule has 0 amide bonds. The molecule has 4 nitrogen and oxygen atoms in total. The molecule has 0 aliphatic heterocycles. The van der Waals surface area contributed by atoms with Gasteiger partial charge in [0.2, 0.25) is 0 Å². The molecule has 0 aliphatic rings. The van der Waals surface area contributed by atoms with Crippen molar-refractivity contribution in [3.63, 3.8) is 0 Å². The van der Waals surface area contributed by atoms with Crippen LogP contribution in [0.5, 0.6) is 11.5 Å². The summed E-state index contributed by atoms with van der Waals surface area (Å²) >= 11 is 2.85. The number of hydrogen-bond acceptors (Lipinski definition) is 6. The maximum atomic E-state index is 15.5. The van der Waals surface area contributed by atoms with Gasteiger partial charge < -0.3 is 9.47 Å². The number of thiophene rings is 1. The van der Waals surface area contributed by atoms with Gasteiger partial charge in [0.05, 0.1) is 25.4 Å². The molecule has 6 aromatic rings. The highest BCUT2D eigenvalue weighted by molar-refractivity contribution is 7.19. The van der Waals surface area contributed by atoms with Crippen LogP contribution in [0.4, 0.5) is 4.39 Å². The second kappa shape index (κ2) is 11.8. The third kappa shape index (κ3) is 5.60. The van der Waals surface area contributed by atoms with Gasteiger partial charge in [0.25, 0.3) is 0 Å². The summed E-state index contributed by atoms with van der Waals surface area (Å²) in [6.45, 7) is 5.09. The lowest BCUT2D eigenvalue weighted by Gasteiger charge is -2.11. The van der Waals surface area contributed by atoms with E-state index in [2.05, 4.69) is 46.9 Å². The fourth-order valence-electron chi connectivity index (χ4n) is 4.69. The molecule has 41 heavy (non-hydrogen) atoms. The molecule has 2 aromatic heterocycles. The number of hydrogen-bond donors (Lipinski definition) is 0. The van der Waals surface area contributed by atoms with Gasteiger partial charge in [-0.2, -0.15) is 8.75 Å². The lowest BCUT2D eigenvalue weighted by atomic mass is 9.97. The van der Waals surface area contributed by atoms with Crippen LogP contribution < -0.4 is 9.47 Å². The number of fused-ring (bicyclic) bond motifs is 1. The Morgan fingerprint density at radius 3 is 2.02 bits per heavy atom. The number of aromatic nitrogens is 2. The van der Waals surface area contributed by atoms with Crippen LogP contribution in [0.3, 0.4) is 0 Å². The summed E-state index contributed by atoms with van der Waals surface area (Å²) in [5.41, 5.74) is 6.61. The standard InChI is InChI=1S/C34H29FN2O2S2/c1-4-21(2)20-39-26-12-7-23(8-13-26)31-17-18-32(40-31)29-16-15-28(33-34(29)37-41-36-33)27-14-9-24(19-30(27)35)22-5-10-25(38-3)11-6-22/h5-19,21H,4,20H2,1-3H3. The predicted molar refractivity (Wildman–Crippen MR) is 168 cm³/mol. The Balaban J connectivity index is 1.27. The highest BCUT2D eigenvalue weighted by Gasteiger charge is 2.18. The summed E-state index contributed by atoms with van der Waals surface area (Å²) in [6.07, 6.45) is 1.10. The Hall–Kier alpha value is -4.07. The molecule has 0 saturated carbocycles. The van der Waals surface area contributed by atoms with Crippen LogP contribution in [0.1, 0.15) is 20.3 Å². The second-order valence-corrected chi connectivity index (χ2v) is 11.7. The van der Waals surface area contributed by atoms with Crippen molar-refractivity contribution in [1.29, 1.82) is 0 Å². The van der Waals surface area contributed by atoms with Crippen molar-refractivity contribution >= 4 is 34.1 Å². The topological polar surface area (TPSA) is 44.2 Å². The number of rotatable bonds is 9. The quantitative estimate of drug-likeness (QED) is 0.171. The lowest BCUT2D eigenvalue weighted by molar-refractivity contribution is 0.256. The molecule has 2 heterocycles. The SMILES string of the molecule is CCC(C)COc1ccc(-c2ccc(-c3ccc(-c4ccc(-c5ccc(OC)cc5)cc4F)c4nsnc34)s2)cc1. The van der Waals surface area contributed by atoms with Gasteiger partial charge in [-0.05, 0) is 77.2 Å². The largest absolute Gasteiger partial charge is 0.497 e. The molecule has 0 spiro atoms. The van der Waals surface area contributed by atoms with E-state index < -0.39 is 0 Å². The first kappa shape index (κ1) is 27.1. The first-order chi connectivity index (χ1) is 20.0. The van der Waals surface area contributed by atoms with Crippen molar-refractivity contribution in [2.75, 3.05) is 13.7 Å². The van der Waals surface area contributed by atoms with Gasteiger partial charge in [0.15, 0.2) is 0 Å². The molecule has 0 radical (unpaired) electrons. The van der Waals surface area contributed by atoms with E-state index in [1.807, 2.05) is 60.7 Å². The number of halogens is 1. The molecule has 206 valence electrons. The highest BCUT2D eigenvalue weighted by atomic mass is 32.1. The van der Waals surface area contributed by atoms with Gasteiger partial charge in [0.1, 0.15) is 28.3 Å². The zero-order valence-electron chi connectivity index (χ0n) is 23.1. The zero-order valence-corrected chi connectivity index (χ0v) is 24.7. The molecule has 4 aromatic carbocycles. The molecule has 1 unspecified atom stereocenters. The summed E-state index contributed by atoms with van der Waals surface area (Å²) in [4.78, 5) is 2.26. The minimum atomic E-state index is -0.296. The summed E-state index contributed by atoms with van der Waals surface area (Å²) in [5.74, 6) is 1.90. The van der Waals surface area contributed by atoms with E-state index in [0.29, 0.717) is 17.0 Å². The molecular weight excluding hydrogens is 552 g/mol. The smallest absolute Gasteiger partial charge is 0.131 e. The molecule has 0 saturated heterocycles. The lowest BCUT2D eigenvalue weighted by Crippen LogP contribution is -2.06. The van der Waals surface area contributed by atoms with Crippen molar-refractivity contribution in [2.24, 2.45) is 5.92 Å². The van der Waals surface area contributed by atoms with Gasteiger partial charge in [-0.3, -0.25) is 0 Å². The van der Waals surface area contributed by atoms with Gasteiger partial charge in [-0.1, -0.05) is 56.7 Å². The van der Waals surface area contributed by atoms with E-state index in [4.69, 9.17) is 9.47 Å². The number of methoxy groups -OCH3 is 1. The van der Waals surface area contributed by atoms with Crippen molar-refractivity contribution in [2.45, 2.75) is 20.3 Å². The molecule has 1 atom stereocenters. The maximum absolute atomic E-state index is 15.5. The van der Waals surface area contributed by atoms with Crippen LogP contribution in [-0.2, 0) is 0 Å². The molecule has 0 bridgehead atoms. The zero-order chi connectivity index (χ0) is 28.3. The number of nitrogens with zero attached hydrogens (tertiary/aromatic N) is 2. The summed E-state index contributed by atoms with van der Waals surface area (Å²) in [7, 11) is 1.63. The first-order valence-corrected chi connectivity index (χ1v) is 15.1. The Kier molecular flexibility index (Phi) is 7.81. The summed E-state index contributed by atoms with van der Waals surface area (Å²) in [6, 6.07) is 29.4. The third-order valence-electron chi connectivity index (χ3n) is 7.34. The van der Waals surface area contributed by atoms with E-state index in [9.17, 15) is 0 Å². The van der Waals surface area contributed by atoms with Crippen LogP contribution in [0.2, 0.25) is 0 Å². The van der Waals surface area contributed by atoms with Crippen LogP contribution in [0.15, 0.2) is 91.0 Å². The van der Waals surface area contributed by atoms with Crippen LogP contribution in [0.25, 0.3) is 54.2 Å². The Morgan fingerprint density at radius 2 is 1.32 bits per heavy atom. The van der Waals surface area contributed by atoms with E-state index in [1.54, 1.807) is 24.5 Å². The Bertz CT molecular complexity index is 1790. The molecule has 7 heteroatoms. The van der Waals surface area contributed by atoms with Crippen LogP contribution in [-0.4, -0.2) is 22.5 Å². The second-order valence-electron chi connectivity index (χ2n) is 10.1. The van der Waals surface area contributed by atoms with Crippen molar-refractivity contribution < 1.29 is 13.9 Å². The summed E-state index contributed by atoms with van der Waals surface area (Å²) < 4.78 is 35.8. The third-order valence-corrected chi connectivity index (χ3v) is 9.04. The first-order valence-electron chi connectivity index (χ1n) is 13.6. The normalized spacial score (nSPS) is 12.0. The van der Waals surface area contributed by atoms with Gasteiger partial charge >= 0.3 is 0 Å². The minimum absolute atomic E-state index is 0.296. The van der Waals surface area contributed by atoms with Gasteiger partial charge in [-0.25, -0.2) is 4.39 Å². The molecular formula is C34H29FN2O2S2. The fraction of sp³-hybridized carbons (Fsp3) is 0.176. The van der Waals surface area contributed by atoms with Gasteiger partial charge in [0, 0.05) is 26.4 Å². The maximum Gasteiger partial charge on any atom is 0.131 e. The number of ether oxygens (including phenoxy) is 2. The van der Waals surface area contributed by atoms with Gasteiger partial charge in [-0.15, -0.1) is 11.3 Å². The average Bonchev–Trinajstić information content (AvgIpc) is 3.71. The Labute approximate surface area is 247 Å². The van der Waals surface area contributed by atoms with E-state index in [0.717, 1.165) is 79.3 Å².